The van der Waals surface area contributed by atoms with E-state index in [1.165, 1.54) is 17.3 Å². The van der Waals surface area contributed by atoms with E-state index in [0.29, 0.717) is 0 Å². The SMILES string of the molecule is CCCC[Te]c1cccs1. The molecule has 1 heterocycles. The van der Waals surface area contributed by atoms with Crippen LogP contribution in [0, 0.1) is 0 Å². The van der Waals surface area contributed by atoms with Crippen molar-refractivity contribution in [1.29, 1.82) is 0 Å². The van der Waals surface area contributed by atoms with Gasteiger partial charge in [0.25, 0.3) is 0 Å². The summed E-state index contributed by atoms with van der Waals surface area (Å²) >= 11 is 2.14. The molecule has 0 aliphatic carbocycles. The topological polar surface area (TPSA) is 0 Å². The summed E-state index contributed by atoms with van der Waals surface area (Å²) in [7, 11) is 0. The molecule has 0 aromatic carbocycles. The normalized spacial score (nSPS) is 10.1. The van der Waals surface area contributed by atoms with Crippen molar-refractivity contribution in [3.8, 4) is 0 Å². The average Bonchev–Trinajstić information content (AvgIpc) is 2.41. The van der Waals surface area contributed by atoms with Crippen LogP contribution in [-0.2, 0) is 0 Å². The maximum absolute atomic E-state index is 2.28. The van der Waals surface area contributed by atoms with E-state index in [1.54, 1.807) is 2.93 Å². The molecule has 0 aliphatic heterocycles. The van der Waals surface area contributed by atoms with E-state index in [2.05, 4.69) is 24.4 Å². The molecule has 0 N–H and O–H groups in total. The third-order valence-electron chi connectivity index (χ3n) is 1.24. The molecule has 0 spiro atoms. The molecule has 0 radical (unpaired) electrons. The number of thiophene rings is 1. The van der Waals surface area contributed by atoms with Crippen LogP contribution in [0.25, 0.3) is 0 Å². The van der Waals surface area contributed by atoms with E-state index in [0.717, 1.165) is 0 Å². The van der Waals surface area contributed by atoms with E-state index in [-0.39, 0.29) is 20.9 Å². The third-order valence-corrected chi connectivity index (χ3v) is 6.12. The molecule has 0 fully saturated rings. The van der Waals surface area contributed by atoms with Crippen molar-refractivity contribution in [3.63, 3.8) is 0 Å². The van der Waals surface area contributed by atoms with Crippen molar-refractivity contribution < 1.29 is 0 Å². The molecular weight excluding hydrogens is 256 g/mol. The average molecular weight is 268 g/mol. The van der Waals surface area contributed by atoms with Gasteiger partial charge in [0.05, 0.1) is 0 Å². The van der Waals surface area contributed by atoms with Crippen LogP contribution in [-0.4, -0.2) is 20.9 Å². The first-order valence-electron chi connectivity index (χ1n) is 3.60. The van der Waals surface area contributed by atoms with Gasteiger partial charge in [0, 0.05) is 0 Å². The molecule has 56 valence electrons. The van der Waals surface area contributed by atoms with Crippen LogP contribution in [0.5, 0.6) is 0 Å². The Balaban J connectivity index is 2.15. The van der Waals surface area contributed by atoms with Gasteiger partial charge < -0.3 is 0 Å². The summed E-state index contributed by atoms with van der Waals surface area (Å²) in [4.78, 5) is 0. The molecule has 1 aromatic heterocycles. The Morgan fingerprint density at radius 2 is 2.50 bits per heavy atom. The van der Waals surface area contributed by atoms with Gasteiger partial charge in [-0.15, -0.1) is 0 Å². The van der Waals surface area contributed by atoms with Crippen LogP contribution in [0.3, 0.4) is 0 Å². The molecule has 1 aromatic rings. The first-order chi connectivity index (χ1) is 4.93. The molecule has 0 unspecified atom stereocenters. The van der Waals surface area contributed by atoms with Crippen LogP contribution >= 0.6 is 11.3 Å². The summed E-state index contributed by atoms with van der Waals surface area (Å²) in [6, 6.07) is 4.44. The first-order valence-corrected chi connectivity index (χ1v) is 7.29. The Morgan fingerprint density at radius 1 is 1.60 bits per heavy atom. The summed E-state index contributed by atoms with van der Waals surface area (Å²) in [6.45, 7) is 2.27. The standard InChI is InChI=1S/C8H12STe/c1-2-3-7-10-8-5-4-6-9-8/h4-6H,2-3,7H2,1H3. The van der Waals surface area contributed by atoms with Gasteiger partial charge >= 0.3 is 76.9 Å². The molecule has 0 saturated carbocycles. The van der Waals surface area contributed by atoms with Gasteiger partial charge in [-0.1, -0.05) is 0 Å². The Hall–Kier alpha value is 0.490. The zero-order valence-corrected chi connectivity index (χ0v) is 9.32. The number of hydrogen-bond donors (Lipinski definition) is 0. The van der Waals surface area contributed by atoms with Crippen molar-refractivity contribution >= 4 is 35.2 Å². The van der Waals surface area contributed by atoms with Gasteiger partial charge in [-0.3, -0.25) is 0 Å². The van der Waals surface area contributed by atoms with Crippen LogP contribution in [0.1, 0.15) is 19.8 Å². The summed E-state index contributed by atoms with van der Waals surface area (Å²) in [5.41, 5.74) is 0. The van der Waals surface area contributed by atoms with Crippen molar-refractivity contribution in [2.24, 2.45) is 0 Å². The number of rotatable bonds is 4. The minimum atomic E-state index is 0.212. The summed E-state index contributed by atoms with van der Waals surface area (Å²) < 4.78 is 3.15. The van der Waals surface area contributed by atoms with Crippen LogP contribution in [0.2, 0.25) is 4.47 Å². The van der Waals surface area contributed by atoms with E-state index in [4.69, 9.17) is 0 Å². The molecule has 0 atom stereocenters. The van der Waals surface area contributed by atoms with E-state index in [9.17, 15) is 0 Å². The molecular formula is C8H12STe. The summed E-state index contributed by atoms with van der Waals surface area (Å²) in [5.74, 6) is 0. The van der Waals surface area contributed by atoms with Gasteiger partial charge in [-0.25, -0.2) is 0 Å². The second-order valence-electron chi connectivity index (χ2n) is 2.13. The van der Waals surface area contributed by atoms with Crippen LogP contribution < -0.4 is 2.93 Å². The monoisotopic (exact) mass is 270 g/mol. The van der Waals surface area contributed by atoms with Gasteiger partial charge in [0.2, 0.25) is 0 Å². The van der Waals surface area contributed by atoms with Gasteiger partial charge in [0.1, 0.15) is 0 Å². The Kier molecular flexibility index (Phi) is 4.45. The summed E-state index contributed by atoms with van der Waals surface area (Å²) in [6.07, 6.45) is 2.79. The fourth-order valence-corrected chi connectivity index (χ4v) is 5.11. The zero-order chi connectivity index (χ0) is 7.23. The van der Waals surface area contributed by atoms with Crippen molar-refractivity contribution in [1.82, 2.24) is 0 Å². The number of hydrogen-bond acceptors (Lipinski definition) is 1. The molecule has 10 heavy (non-hydrogen) atoms. The van der Waals surface area contributed by atoms with E-state index >= 15 is 0 Å². The van der Waals surface area contributed by atoms with Crippen LogP contribution in [0.15, 0.2) is 17.5 Å². The fourth-order valence-electron chi connectivity index (χ4n) is 0.663. The van der Waals surface area contributed by atoms with E-state index < -0.39 is 0 Å². The quantitative estimate of drug-likeness (QED) is 0.580. The predicted octanol–water partition coefficient (Wildman–Crippen LogP) is 2.30. The van der Waals surface area contributed by atoms with Gasteiger partial charge in [0.15, 0.2) is 0 Å². The van der Waals surface area contributed by atoms with Gasteiger partial charge in [-0.05, 0) is 0 Å². The third kappa shape index (κ3) is 3.05. The zero-order valence-electron chi connectivity index (χ0n) is 6.17. The molecule has 0 aliphatic rings. The Morgan fingerprint density at radius 3 is 3.10 bits per heavy atom. The molecule has 0 nitrogen and oxygen atoms in total. The molecule has 0 bridgehead atoms. The second kappa shape index (κ2) is 5.18. The van der Waals surface area contributed by atoms with Gasteiger partial charge in [-0.2, -0.15) is 0 Å². The van der Waals surface area contributed by atoms with Crippen LogP contribution in [0.4, 0.5) is 0 Å². The molecule has 0 amide bonds. The first kappa shape index (κ1) is 8.58. The second-order valence-corrected chi connectivity index (χ2v) is 7.13. The fraction of sp³-hybridized carbons (Fsp3) is 0.500. The molecule has 0 saturated heterocycles. The Labute approximate surface area is 76.7 Å². The molecule has 2 heteroatoms. The maximum atomic E-state index is 2.28. The van der Waals surface area contributed by atoms with Crippen molar-refractivity contribution in [2.75, 3.05) is 0 Å². The van der Waals surface area contributed by atoms with Crippen molar-refractivity contribution in [2.45, 2.75) is 24.2 Å². The number of unbranched alkanes of at least 4 members (excludes halogenated alkanes) is 1. The molecule has 1 rings (SSSR count). The minimum absolute atomic E-state index is 0.212. The van der Waals surface area contributed by atoms with E-state index in [1.807, 2.05) is 11.3 Å². The predicted molar refractivity (Wildman–Crippen MR) is 49.4 cm³/mol. The Bertz CT molecular complexity index is 158. The van der Waals surface area contributed by atoms with Crippen molar-refractivity contribution in [3.05, 3.63) is 17.5 Å². The summed E-state index contributed by atoms with van der Waals surface area (Å²) in [5, 5.41) is 2.19.